The first-order chi connectivity index (χ1) is 15.1. The zero-order valence-electron chi connectivity index (χ0n) is 17.8. The second kappa shape index (κ2) is 8.14. The van der Waals surface area contributed by atoms with Gasteiger partial charge in [-0.3, -0.25) is 14.6 Å². The zero-order chi connectivity index (χ0) is 21.4. The van der Waals surface area contributed by atoms with Crippen molar-refractivity contribution >= 4 is 28.4 Å². The monoisotopic (exact) mass is 413 g/mol. The topological polar surface area (TPSA) is 62.3 Å². The molecule has 3 unspecified atom stereocenters. The lowest BCUT2D eigenvalue weighted by molar-refractivity contribution is -0.120. The number of benzene rings is 2. The van der Waals surface area contributed by atoms with Crippen molar-refractivity contribution in [3.8, 4) is 0 Å². The fraction of sp³-hybridized carbons (Fsp3) is 0.346. The summed E-state index contributed by atoms with van der Waals surface area (Å²) in [6.07, 6.45) is 6.86. The van der Waals surface area contributed by atoms with E-state index in [2.05, 4.69) is 10.3 Å². The standard InChI is InChI=1S/C26H27N3O2/c1-17-13-14-21(20-11-7-15-27-24(17)20)28-25(30)23-16-19-10-5-6-12-22(19)29(23)26(31)18-8-3-2-4-9-18/h2-4,7-9,11,13-15,19,22-23H,5-6,10,12,16H2,1H3,(H,28,30). The minimum absolute atomic E-state index is 0.0365. The minimum Gasteiger partial charge on any atom is -0.324 e. The van der Waals surface area contributed by atoms with Crippen LogP contribution in [0.3, 0.4) is 0 Å². The largest absolute Gasteiger partial charge is 0.324 e. The number of aryl methyl sites for hydroxylation is 1. The molecule has 2 heterocycles. The molecule has 31 heavy (non-hydrogen) atoms. The van der Waals surface area contributed by atoms with Crippen molar-refractivity contribution in [2.45, 2.75) is 51.1 Å². The van der Waals surface area contributed by atoms with E-state index in [9.17, 15) is 9.59 Å². The van der Waals surface area contributed by atoms with Crippen molar-refractivity contribution in [2.75, 3.05) is 5.32 Å². The number of likely N-dealkylation sites (tertiary alicyclic amines) is 1. The van der Waals surface area contributed by atoms with Crippen LogP contribution in [0.4, 0.5) is 5.69 Å². The number of amides is 2. The molecule has 1 aromatic heterocycles. The van der Waals surface area contributed by atoms with Gasteiger partial charge in [-0.1, -0.05) is 37.1 Å². The fourth-order valence-corrected chi connectivity index (χ4v) is 5.35. The number of pyridine rings is 1. The number of carbonyl (C=O) groups excluding carboxylic acids is 2. The first kappa shape index (κ1) is 19.7. The van der Waals surface area contributed by atoms with E-state index in [1.54, 1.807) is 6.20 Å². The highest BCUT2D eigenvalue weighted by Gasteiger charge is 2.47. The smallest absolute Gasteiger partial charge is 0.254 e. The van der Waals surface area contributed by atoms with Crippen molar-refractivity contribution in [3.63, 3.8) is 0 Å². The molecule has 0 bridgehead atoms. The summed E-state index contributed by atoms with van der Waals surface area (Å²) in [5.41, 5.74) is 3.36. The minimum atomic E-state index is -0.450. The summed E-state index contributed by atoms with van der Waals surface area (Å²) in [7, 11) is 0. The third-order valence-corrected chi connectivity index (χ3v) is 6.88. The van der Waals surface area contributed by atoms with Crippen LogP contribution in [0.25, 0.3) is 10.9 Å². The van der Waals surface area contributed by atoms with Crippen LogP contribution in [0.15, 0.2) is 60.8 Å². The van der Waals surface area contributed by atoms with Crippen LogP contribution in [0.1, 0.15) is 48.0 Å². The quantitative estimate of drug-likeness (QED) is 0.660. The van der Waals surface area contributed by atoms with Crippen LogP contribution >= 0.6 is 0 Å². The number of anilines is 1. The molecule has 2 amide bonds. The summed E-state index contributed by atoms with van der Waals surface area (Å²) in [6.45, 7) is 2.02. The number of carbonyl (C=O) groups is 2. The maximum Gasteiger partial charge on any atom is 0.254 e. The van der Waals surface area contributed by atoms with E-state index < -0.39 is 6.04 Å². The number of hydrogen-bond donors (Lipinski definition) is 1. The van der Waals surface area contributed by atoms with Crippen molar-refractivity contribution < 1.29 is 9.59 Å². The van der Waals surface area contributed by atoms with Gasteiger partial charge in [-0.25, -0.2) is 0 Å². The molecule has 3 atom stereocenters. The van der Waals surface area contributed by atoms with Crippen molar-refractivity contribution in [1.29, 1.82) is 0 Å². The summed E-state index contributed by atoms with van der Waals surface area (Å²) in [5, 5.41) is 4.05. The Morgan fingerprint density at radius 2 is 1.81 bits per heavy atom. The van der Waals surface area contributed by atoms with Crippen molar-refractivity contribution in [2.24, 2.45) is 5.92 Å². The maximum absolute atomic E-state index is 13.5. The average molecular weight is 414 g/mol. The Morgan fingerprint density at radius 1 is 1.00 bits per heavy atom. The Kier molecular flexibility index (Phi) is 5.18. The number of rotatable bonds is 3. The predicted octanol–water partition coefficient (Wildman–Crippen LogP) is 4.96. The molecule has 1 aliphatic heterocycles. The number of hydrogen-bond acceptors (Lipinski definition) is 3. The molecule has 2 aromatic carbocycles. The van der Waals surface area contributed by atoms with Crippen molar-refractivity contribution in [3.05, 3.63) is 71.9 Å². The van der Waals surface area contributed by atoms with Gasteiger partial charge in [-0.2, -0.15) is 0 Å². The third-order valence-electron chi connectivity index (χ3n) is 6.88. The molecule has 158 valence electrons. The highest BCUT2D eigenvalue weighted by atomic mass is 16.2. The lowest BCUT2D eigenvalue weighted by atomic mass is 9.84. The van der Waals surface area contributed by atoms with Gasteiger partial charge >= 0.3 is 0 Å². The van der Waals surface area contributed by atoms with E-state index in [0.29, 0.717) is 11.5 Å². The van der Waals surface area contributed by atoms with Gasteiger partial charge < -0.3 is 10.2 Å². The molecule has 2 fully saturated rings. The normalized spacial score (nSPS) is 22.9. The molecule has 0 radical (unpaired) electrons. The second-order valence-corrected chi connectivity index (χ2v) is 8.76. The second-order valence-electron chi connectivity index (χ2n) is 8.76. The number of aromatic nitrogens is 1. The maximum atomic E-state index is 13.5. The predicted molar refractivity (Wildman–Crippen MR) is 122 cm³/mol. The van der Waals surface area contributed by atoms with Crippen molar-refractivity contribution in [1.82, 2.24) is 9.88 Å². The fourth-order valence-electron chi connectivity index (χ4n) is 5.35. The van der Waals surface area contributed by atoms with Gasteiger partial charge in [-0.15, -0.1) is 0 Å². The van der Waals surface area contributed by atoms with Crippen LogP contribution < -0.4 is 5.32 Å². The van der Waals surface area contributed by atoms with Crippen LogP contribution in [0.2, 0.25) is 0 Å². The van der Waals surface area contributed by atoms with Crippen LogP contribution in [0.5, 0.6) is 0 Å². The van der Waals surface area contributed by atoms with E-state index in [0.717, 1.165) is 47.8 Å². The van der Waals surface area contributed by atoms with Gasteiger partial charge in [0, 0.05) is 23.2 Å². The Labute approximate surface area is 182 Å². The third kappa shape index (κ3) is 3.58. The molecule has 5 rings (SSSR count). The number of nitrogens with one attached hydrogen (secondary N) is 1. The molecule has 2 aliphatic rings. The van der Waals surface area contributed by atoms with Gasteiger partial charge in [0.25, 0.3) is 5.91 Å². The highest BCUT2D eigenvalue weighted by molar-refractivity contribution is 6.06. The Balaban J connectivity index is 1.47. The first-order valence-electron chi connectivity index (χ1n) is 11.2. The molecule has 1 saturated heterocycles. The molecular formula is C26H27N3O2. The molecule has 1 saturated carbocycles. The van der Waals surface area contributed by atoms with Gasteiger partial charge in [0.1, 0.15) is 6.04 Å². The van der Waals surface area contributed by atoms with E-state index in [1.165, 1.54) is 6.42 Å². The lowest BCUT2D eigenvalue weighted by Gasteiger charge is -2.33. The summed E-state index contributed by atoms with van der Waals surface area (Å²) in [6, 6.07) is 16.8. The Bertz CT molecular complexity index is 1130. The van der Waals surface area contributed by atoms with E-state index in [-0.39, 0.29) is 17.9 Å². The number of fused-ring (bicyclic) bond motifs is 2. The van der Waals surface area contributed by atoms with Crippen LogP contribution in [-0.4, -0.2) is 33.8 Å². The van der Waals surface area contributed by atoms with Gasteiger partial charge in [0.15, 0.2) is 0 Å². The Morgan fingerprint density at radius 3 is 2.65 bits per heavy atom. The molecule has 1 N–H and O–H groups in total. The summed E-state index contributed by atoms with van der Waals surface area (Å²) < 4.78 is 0. The van der Waals surface area contributed by atoms with Gasteiger partial charge in [0.2, 0.25) is 5.91 Å². The molecule has 5 nitrogen and oxygen atoms in total. The van der Waals surface area contributed by atoms with E-state index in [4.69, 9.17) is 0 Å². The van der Waals surface area contributed by atoms with Crippen LogP contribution in [0, 0.1) is 12.8 Å². The molecule has 5 heteroatoms. The highest BCUT2D eigenvalue weighted by Crippen LogP contribution is 2.41. The molecule has 0 spiro atoms. The van der Waals surface area contributed by atoms with Crippen LogP contribution in [-0.2, 0) is 4.79 Å². The summed E-state index contributed by atoms with van der Waals surface area (Å²) in [4.78, 5) is 33.3. The Hall–Kier alpha value is -3.21. The van der Waals surface area contributed by atoms with Gasteiger partial charge in [-0.05, 0) is 68.0 Å². The average Bonchev–Trinajstić information content (AvgIpc) is 3.21. The zero-order valence-corrected chi connectivity index (χ0v) is 17.8. The summed E-state index contributed by atoms with van der Waals surface area (Å²) >= 11 is 0. The molecule has 1 aliphatic carbocycles. The SMILES string of the molecule is Cc1ccc(NC(=O)C2CC3CCCCC3N2C(=O)c2ccccc2)c2cccnc12. The van der Waals surface area contributed by atoms with Gasteiger partial charge in [0.05, 0.1) is 11.2 Å². The number of nitrogens with zero attached hydrogens (tertiary/aromatic N) is 2. The van der Waals surface area contributed by atoms with E-state index in [1.807, 2.05) is 66.4 Å². The molecule has 3 aromatic rings. The lowest BCUT2D eigenvalue weighted by Crippen LogP contribution is -2.47. The van der Waals surface area contributed by atoms with E-state index >= 15 is 0 Å². The summed E-state index contributed by atoms with van der Waals surface area (Å²) in [5.74, 6) is 0.256. The first-order valence-corrected chi connectivity index (χ1v) is 11.2. The molecular weight excluding hydrogens is 386 g/mol.